The van der Waals surface area contributed by atoms with Crippen LogP contribution in [0.25, 0.3) is 0 Å². The smallest absolute Gasteiger partial charge is 0.0488 e. The molecular formula is C5H8Cl2. The first-order valence-electron chi connectivity index (χ1n) is 2.14. The molecule has 0 fully saturated rings. The summed E-state index contributed by atoms with van der Waals surface area (Å²) >= 11 is 10.8. The third-order valence-electron chi connectivity index (χ3n) is 0.490. The minimum atomic E-state index is 0.110. The quantitative estimate of drug-likeness (QED) is 0.407. The number of allylic oxidation sites excluding steroid dienone is 2. The minimum Gasteiger partial charge on any atom is -0.122 e. The van der Waals surface area contributed by atoms with Gasteiger partial charge in [-0.05, 0) is 6.92 Å². The maximum absolute atomic E-state index is 5.51. The molecule has 0 aromatic rings. The van der Waals surface area contributed by atoms with Crippen molar-refractivity contribution in [2.75, 3.05) is 5.88 Å². The highest BCUT2D eigenvalue weighted by Crippen LogP contribution is 1.94. The molecule has 0 saturated heterocycles. The van der Waals surface area contributed by atoms with Crippen LogP contribution < -0.4 is 0 Å². The lowest BCUT2D eigenvalue weighted by Gasteiger charge is -1.85. The van der Waals surface area contributed by atoms with Crippen LogP contribution in [0.1, 0.15) is 6.92 Å². The van der Waals surface area contributed by atoms with Gasteiger partial charge < -0.3 is 0 Å². The third-order valence-corrected chi connectivity index (χ3v) is 0.814. The molecule has 0 saturated carbocycles. The Hall–Kier alpha value is 0.320. The van der Waals surface area contributed by atoms with E-state index in [1.165, 1.54) is 0 Å². The lowest BCUT2D eigenvalue weighted by atomic mass is 10.4. The second-order valence-electron chi connectivity index (χ2n) is 1.26. The van der Waals surface area contributed by atoms with Crippen molar-refractivity contribution in [3.8, 4) is 0 Å². The molecule has 0 aliphatic rings. The second kappa shape index (κ2) is 4.48. The van der Waals surface area contributed by atoms with Crippen molar-refractivity contribution < 1.29 is 0 Å². The summed E-state index contributed by atoms with van der Waals surface area (Å²) < 4.78 is 0. The largest absolute Gasteiger partial charge is 0.122 e. The zero-order valence-electron chi connectivity index (χ0n) is 4.20. The number of rotatable bonds is 2. The molecule has 0 aliphatic carbocycles. The Balaban J connectivity index is 3.08. The molecule has 0 aliphatic heterocycles. The number of hydrogen-bond donors (Lipinski definition) is 0. The van der Waals surface area contributed by atoms with Crippen molar-refractivity contribution in [2.24, 2.45) is 0 Å². The zero-order valence-corrected chi connectivity index (χ0v) is 5.71. The maximum Gasteiger partial charge on any atom is 0.0488 e. The lowest BCUT2D eigenvalue weighted by Crippen LogP contribution is -1.79. The highest BCUT2D eigenvalue weighted by Gasteiger charge is 1.81. The Labute approximate surface area is 54.1 Å². The van der Waals surface area contributed by atoms with E-state index >= 15 is 0 Å². The van der Waals surface area contributed by atoms with Gasteiger partial charge in [-0.2, -0.15) is 0 Å². The molecule has 0 nitrogen and oxygen atoms in total. The molecule has 1 unspecified atom stereocenters. The van der Waals surface area contributed by atoms with Gasteiger partial charge in [0.15, 0.2) is 0 Å². The van der Waals surface area contributed by atoms with E-state index in [1.54, 1.807) is 0 Å². The van der Waals surface area contributed by atoms with Crippen LogP contribution in [0, 0.1) is 0 Å². The van der Waals surface area contributed by atoms with E-state index in [4.69, 9.17) is 23.2 Å². The van der Waals surface area contributed by atoms with Crippen molar-refractivity contribution in [2.45, 2.75) is 12.3 Å². The van der Waals surface area contributed by atoms with Gasteiger partial charge in [0.05, 0.1) is 0 Å². The van der Waals surface area contributed by atoms with Crippen LogP contribution in [0.4, 0.5) is 0 Å². The molecule has 7 heavy (non-hydrogen) atoms. The van der Waals surface area contributed by atoms with Gasteiger partial charge in [0, 0.05) is 11.3 Å². The zero-order chi connectivity index (χ0) is 5.70. The van der Waals surface area contributed by atoms with Gasteiger partial charge in [-0.15, -0.1) is 23.2 Å². The van der Waals surface area contributed by atoms with Crippen LogP contribution >= 0.6 is 23.2 Å². The fraction of sp³-hybridized carbons (Fsp3) is 0.600. The van der Waals surface area contributed by atoms with E-state index in [1.807, 2.05) is 19.1 Å². The standard InChI is InChI=1S/C5H8Cl2/c1-5(7)3-2-4-6/h2-3,5H,4H2,1H3/b3-2+. The maximum atomic E-state index is 5.51. The van der Waals surface area contributed by atoms with Gasteiger partial charge in [0.1, 0.15) is 0 Å². The molecule has 42 valence electrons. The van der Waals surface area contributed by atoms with Crippen molar-refractivity contribution in [1.29, 1.82) is 0 Å². The van der Waals surface area contributed by atoms with E-state index in [2.05, 4.69) is 0 Å². The first kappa shape index (κ1) is 7.32. The summed E-state index contributed by atoms with van der Waals surface area (Å²) in [6.45, 7) is 1.89. The van der Waals surface area contributed by atoms with Crippen LogP contribution in [-0.4, -0.2) is 11.3 Å². The Morgan fingerprint density at radius 1 is 1.71 bits per heavy atom. The van der Waals surface area contributed by atoms with E-state index in [0.717, 1.165) is 0 Å². The summed E-state index contributed by atoms with van der Waals surface area (Å²) in [5.74, 6) is 0.553. The van der Waals surface area contributed by atoms with Gasteiger partial charge >= 0.3 is 0 Å². The van der Waals surface area contributed by atoms with Crippen LogP contribution in [0.3, 0.4) is 0 Å². The normalized spacial score (nSPS) is 15.3. The van der Waals surface area contributed by atoms with Crippen LogP contribution in [0.5, 0.6) is 0 Å². The molecule has 0 aromatic heterocycles. The molecule has 0 amide bonds. The van der Waals surface area contributed by atoms with Crippen molar-refractivity contribution >= 4 is 23.2 Å². The monoisotopic (exact) mass is 138 g/mol. The van der Waals surface area contributed by atoms with E-state index in [-0.39, 0.29) is 5.38 Å². The average Bonchev–Trinajstić information content (AvgIpc) is 1.61. The van der Waals surface area contributed by atoms with Gasteiger partial charge in [0.2, 0.25) is 0 Å². The van der Waals surface area contributed by atoms with E-state index < -0.39 is 0 Å². The average molecular weight is 139 g/mol. The van der Waals surface area contributed by atoms with Crippen LogP contribution in [0.15, 0.2) is 12.2 Å². The molecule has 0 radical (unpaired) electrons. The predicted molar refractivity (Wildman–Crippen MR) is 35.2 cm³/mol. The molecule has 0 N–H and O–H groups in total. The number of alkyl halides is 2. The van der Waals surface area contributed by atoms with Gasteiger partial charge in [0.25, 0.3) is 0 Å². The Bertz CT molecular complexity index is 57.1. The predicted octanol–water partition coefficient (Wildman–Crippen LogP) is 2.41. The number of halogens is 2. The van der Waals surface area contributed by atoms with Gasteiger partial charge in [-0.1, -0.05) is 12.2 Å². The fourth-order valence-corrected chi connectivity index (χ4v) is 0.445. The van der Waals surface area contributed by atoms with Crippen LogP contribution in [-0.2, 0) is 0 Å². The molecule has 2 heteroatoms. The molecular weight excluding hydrogens is 131 g/mol. The molecule has 0 bridgehead atoms. The lowest BCUT2D eigenvalue weighted by molar-refractivity contribution is 1.22. The molecule has 0 spiro atoms. The third kappa shape index (κ3) is 6.32. The number of hydrogen-bond acceptors (Lipinski definition) is 0. The SMILES string of the molecule is CC(Cl)/C=C/CCl. The molecule has 0 heterocycles. The summed E-state index contributed by atoms with van der Waals surface area (Å²) in [7, 11) is 0. The Morgan fingerprint density at radius 3 is 2.43 bits per heavy atom. The second-order valence-corrected chi connectivity index (χ2v) is 2.26. The summed E-state index contributed by atoms with van der Waals surface area (Å²) in [6, 6.07) is 0. The van der Waals surface area contributed by atoms with Crippen LogP contribution in [0.2, 0.25) is 0 Å². The van der Waals surface area contributed by atoms with E-state index in [0.29, 0.717) is 5.88 Å². The molecule has 0 rings (SSSR count). The van der Waals surface area contributed by atoms with Crippen molar-refractivity contribution in [1.82, 2.24) is 0 Å². The first-order chi connectivity index (χ1) is 3.27. The summed E-state index contributed by atoms with van der Waals surface area (Å²) in [5, 5.41) is 0.110. The minimum absolute atomic E-state index is 0.110. The first-order valence-corrected chi connectivity index (χ1v) is 3.11. The summed E-state index contributed by atoms with van der Waals surface area (Å²) in [4.78, 5) is 0. The fourth-order valence-electron chi connectivity index (χ4n) is 0.239. The van der Waals surface area contributed by atoms with Gasteiger partial charge in [-0.25, -0.2) is 0 Å². The van der Waals surface area contributed by atoms with Crippen molar-refractivity contribution in [3.05, 3.63) is 12.2 Å². The van der Waals surface area contributed by atoms with Gasteiger partial charge in [-0.3, -0.25) is 0 Å². The Kier molecular flexibility index (Phi) is 4.68. The highest BCUT2D eigenvalue weighted by atomic mass is 35.5. The van der Waals surface area contributed by atoms with E-state index in [9.17, 15) is 0 Å². The molecule has 1 atom stereocenters. The summed E-state index contributed by atoms with van der Waals surface area (Å²) in [6.07, 6.45) is 3.69. The summed E-state index contributed by atoms with van der Waals surface area (Å²) in [5.41, 5.74) is 0. The van der Waals surface area contributed by atoms with Crippen molar-refractivity contribution in [3.63, 3.8) is 0 Å². The topological polar surface area (TPSA) is 0 Å². The highest BCUT2D eigenvalue weighted by molar-refractivity contribution is 6.22. The molecule has 0 aromatic carbocycles. The Morgan fingerprint density at radius 2 is 2.29 bits per heavy atom.